The Bertz CT molecular complexity index is 672. The second kappa shape index (κ2) is 5.61. The van der Waals surface area contributed by atoms with Gasteiger partial charge in [0.1, 0.15) is 17.3 Å². The molecule has 21 heavy (non-hydrogen) atoms. The molecule has 0 spiro atoms. The van der Waals surface area contributed by atoms with Crippen LogP contribution < -0.4 is 5.73 Å². The molecular weight excluding hydrogens is 260 g/mol. The van der Waals surface area contributed by atoms with E-state index in [9.17, 15) is 0 Å². The first-order valence-electron chi connectivity index (χ1n) is 7.61. The molecule has 0 saturated heterocycles. The standard InChI is InChI=1S/C17H20N4/c1-2-3-10-21-16(19)15(20-17(21)14-8-9-14)13-6-4-12(11-18)5-7-13/h4-7,14H,2-3,8-10,19H2,1H3. The van der Waals surface area contributed by atoms with Gasteiger partial charge in [-0.15, -0.1) is 0 Å². The summed E-state index contributed by atoms with van der Waals surface area (Å²) in [4.78, 5) is 4.81. The predicted octanol–water partition coefficient (Wildman–Crippen LogP) is 3.68. The van der Waals surface area contributed by atoms with Crippen molar-refractivity contribution in [3.05, 3.63) is 35.7 Å². The fourth-order valence-electron chi connectivity index (χ4n) is 2.60. The van der Waals surface area contributed by atoms with Crippen LogP contribution in [0.4, 0.5) is 5.82 Å². The van der Waals surface area contributed by atoms with E-state index in [0.717, 1.165) is 42.3 Å². The minimum atomic E-state index is 0.580. The number of unbranched alkanes of at least 4 members (excludes halogenated alkanes) is 1. The van der Waals surface area contributed by atoms with E-state index >= 15 is 0 Å². The van der Waals surface area contributed by atoms with E-state index in [1.807, 2.05) is 24.3 Å². The lowest BCUT2D eigenvalue weighted by Gasteiger charge is -2.08. The van der Waals surface area contributed by atoms with Crippen LogP contribution in [0.5, 0.6) is 0 Å². The van der Waals surface area contributed by atoms with E-state index in [1.54, 1.807) is 0 Å². The third-order valence-corrected chi connectivity index (χ3v) is 4.00. The maximum atomic E-state index is 8.89. The Hall–Kier alpha value is -2.28. The van der Waals surface area contributed by atoms with Crippen molar-refractivity contribution in [3.63, 3.8) is 0 Å². The zero-order chi connectivity index (χ0) is 14.8. The lowest BCUT2D eigenvalue weighted by Crippen LogP contribution is -2.06. The van der Waals surface area contributed by atoms with Crippen molar-refractivity contribution >= 4 is 5.82 Å². The minimum absolute atomic E-state index is 0.580. The Morgan fingerprint density at radius 2 is 2.05 bits per heavy atom. The number of nitrogens with zero attached hydrogens (tertiary/aromatic N) is 3. The summed E-state index contributed by atoms with van der Waals surface area (Å²) in [5.41, 5.74) is 8.85. The molecule has 0 unspecified atom stereocenters. The van der Waals surface area contributed by atoms with Crippen LogP contribution in [0.15, 0.2) is 24.3 Å². The molecule has 108 valence electrons. The van der Waals surface area contributed by atoms with Crippen molar-refractivity contribution in [3.8, 4) is 17.3 Å². The molecule has 0 atom stereocenters. The number of aromatic nitrogens is 2. The topological polar surface area (TPSA) is 67.6 Å². The van der Waals surface area contributed by atoms with Gasteiger partial charge in [0, 0.05) is 18.0 Å². The van der Waals surface area contributed by atoms with Crippen LogP contribution in [0.2, 0.25) is 0 Å². The van der Waals surface area contributed by atoms with Gasteiger partial charge in [-0.25, -0.2) is 4.98 Å². The van der Waals surface area contributed by atoms with Gasteiger partial charge in [-0.3, -0.25) is 0 Å². The molecule has 1 aromatic carbocycles. The number of nitriles is 1. The summed E-state index contributed by atoms with van der Waals surface area (Å²) in [6, 6.07) is 9.63. The predicted molar refractivity (Wildman–Crippen MR) is 83.7 cm³/mol. The minimum Gasteiger partial charge on any atom is -0.383 e. The second-order valence-electron chi connectivity index (χ2n) is 5.67. The molecule has 2 aromatic rings. The summed E-state index contributed by atoms with van der Waals surface area (Å²) in [6.07, 6.45) is 4.70. The highest BCUT2D eigenvalue weighted by atomic mass is 15.1. The van der Waals surface area contributed by atoms with Crippen molar-refractivity contribution in [1.82, 2.24) is 9.55 Å². The fourth-order valence-corrected chi connectivity index (χ4v) is 2.60. The van der Waals surface area contributed by atoms with Gasteiger partial charge >= 0.3 is 0 Å². The van der Waals surface area contributed by atoms with Crippen LogP contribution in [0.25, 0.3) is 11.3 Å². The Morgan fingerprint density at radius 1 is 1.33 bits per heavy atom. The van der Waals surface area contributed by atoms with E-state index < -0.39 is 0 Å². The van der Waals surface area contributed by atoms with Crippen molar-refractivity contribution < 1.29 is 0 Å². The summed E-state index contributed by atoms with van der Waals surface area (Å²) >= 11 is 0. The van der Waals surface area contributed by atoms with E-state index in [1.165, 1.54) is 12.8 Å². The first-order chi connectivity index (χ1) is 10.2. The number of rotatable bonds is 5. The molecule has 1 saturated carbocycles. The van der Waals surface area contributed by atoms with Crippen LogP contribution in [0.1, 0.15) is 49.9 Å². The zero-order valence-electron chi connectivity index (χ0n) is 12.3. The highest BCUT2D eigenvalue weighted by Gasteiger charge is 2.30. The van der Waals surface area contributed by atoms with E-state index in [4.69, 9.17) is 16.0 Å². The normalized spacial score (nSPS) is 14.1. The van der Waals surface area contributed by atoms with Crippen LogP contribution >= 0.6 is 0 Å². The van der Waals surface area contributed by atoms with Crippen LogP contribution in [0.3, 0.4) is 0 Å². The summed E-state index contributed by atoms with van der Waals surface area (Å²) in [5.74, 6) is 2.48. The van der Waals surface area contributed by atoms with Crippen LogP contribution in [-0.2, 0) is 6.54 Å². The number of anilines is 1. The average Bonchev–Trinajstić information content (AvgIpc) is 3.30. The van der Waals surface area contributed by atoms with Gasteiger partial charge in [-0.05, 0) is 31.4 Å². The number of nitrogens with two attached hydrogens (primary N) is 1. The third-order valence-electron chi connectivity index (χ3n) is 4.00. The van der Waals surface area contributed by atoms with Crippen molar-refractivity contribution in [2.45, 2.75) is 45.1 Å². The molecule has 0 bridgehead atoms. The Labute approximate surface area is 125 Å². The van der Waals surface area contributed by atoms with Gasteiger partial charge in [0.25, 0.3) is 0 Å². The lowest BCUT2D eigenvalue weighted by molar-refractivity contribution is 0.609. The smallest absolute Gasteiger partial charge is 0.131 e. The number of benzene rings is 1. The van der Waals surface area contributed by atoms with E-state index in [2.05, 4.69) is 17.6 Å². The summed E-state index contributed by atoms with van der Waals surface area (Å²) in [7, 11) is 0. The molecule has 1 heterocycles. The van der Waals surface area contributed by atoms with E-state index in [-0.39, 0.29) is 0 Å². The highest BCUT2D eigenvalue weighted by Crippen LogP contribution is 2.42. The number of hydrogen-bond acceptors (Lipinski definition) is 3. The molecule has 1 aliphatic rings. The van der Waals surface area contributed by atoms with Gasteiger partial charge in [-0.2, -0.15) is 5.26 Å². The first-order valence-corrected chi connectivity index (χ1v) is 7.61. The molecule has 4 heteroatoms. The molecule has 1 fully saturated rings. The molecule has 0 aliphatic heterocycles. The van der Waals surface area contributed by atoms with Crippen molar-refractivity contribution in [2.24, 2.45) is 0 Å². The molecule has 0 amide bonds. The zero-order valence-corrected chi connectivity index (χ0v) is 12.3. The lowest BCUT2D eigenvalue weighted by atomic mass is 10.1. The first kappa shape index (κ1) is 13.7. The van der Waals surface area contributed by atoms with Crippen molar-refractivity contribution in [2.75, 3.05) is 5.73 Å². The SMILES string of the molecule is CCCCn1c(C2CC2)nc(-c2ccc(C#N)cc2)c1N. The van der Waals surface area contributed by atoms with E-state index in [0.29, 0.717) is 11.5 Å². The number of hydrogen-bond donors (Lipinski definition) is 1. The van der Waals surface area contributed by atoms with Crippen LogP contribution in [-0.4, -0.2) is 9.55 Å². The Morgan fingerprint density at radius 3 is 2.62 bits per heavy atom. The molecule has 4 nitrogen and oxygen atoms in total. The molecule has 1 aliphatic carbocycles. The van der Waals surface area contributed by atoms with Crippen LogP contribution in [0, 0.1) is 11.3 Å². The van der Waals surface area contributed by atoms with Crippen molar-refractivity contribution in [1.29, 1.82) is 5.26 Å². The fraction of sp³-hybridized carbons (Fsp3) is 0.412. The Kier molecular flexibility index (Phi) is 3.66. The Balaban J connectivity index is 1.99. The monoisotopic (exact) mass is 280 g/mol. The quantitative estimate of drug-likeness (QED) is 0.908. The number of imidazole rings is 1. The molecule has 0 radical (unpaired) electrons. The summed E-state index contributed by atoms with van der Waals surface area (Å²) in [5, 5.41) is 8.89. The summed E-state index contributed by atoms with van der Waals surface area (Å²) < 4.78 is 2.19. The average molecular weight is 280 g/mol. The summed E-state index contributed by atoms with van der Waals surface area (Å²) in [6.45, 7) is 3.13. The van der Waals surface area contributed by atoms with Gasteiger partial charge < -0.3 is 10.3 Å². The van der Waals surface area contributed by atoms with Gasteiger partial charge in [0.05, 0.1) is 11.6 Å². The maximum absolute atomic E-state index is 8.89. The molecule has 1 aromatic heterocycles. The number of nitrogen functional groups attached to an aromatic ring is 1. The molecular formula is C17H20N4. The van der Waals surface area contributed by atoms with Gasteiger partial charge in [0.15, 0.2) is 0 Å². The largest absolute Gasteiger partial charge is 0.383 e. The molecule has 3 rings (SSSR count). The third kappa shape index (κ3) is 2.64. The maximum Gasteiger partial charge on any atom is 0.131 e. The van der Waals surface area contributed by atoms with Gasteiger partial charge in [0.2, 0.25) is 0 Å². The highest BCUT2D eigenvalue weighted by molar-refractivity contribution is 5.71. The second-order valence-corrected chi connectivity index (χ2v) is 5.67. The van der Waals surface area contributed by atoms with Gasteiger partial charge in [-0.1, -0.05) is 25.5 Å². The molecule has 2 N–H and O–H groups in total.